The molecule has 45 heavy (non-hydrogen) atoms. The van der Waals surface area contributed by atoms with Crippen molar-refractivity contribution in [3.63, 3.8) is 0 Å². The highest BCUT2D eigenvalue weighted by molar-refractivity contribution is 7.92. The van der Waals surface area contributed by atoms with Gasteiger partial charge in [-0.05, 0) is 55.3 Å². The van der Waals surface area contributed by atoms with Crippen molar-refractivity contribution in [2.24, 2.45) is 0 Å². The number of benzene rings is 4. The third kappa shape index (κ3) is 8.42. The highest BCUT2D eigenvalue weighted by Crippen LogP contribution is 2.30. The monoisotopic (exact) mass is 669 g/mol. The Morgan fingerprint density at radius 3 is 2.02 bits per heavy atom. The summed E-state index contributed by atoms with van der Waals surface area (Å²) in [6.45, 7) is 2.76. The molecule has 4 aromatic rings. The minimum Gasteiger partial charge on any atom is -0.352 e. The summed E-state index contributed by atoms with van der Waals surface area (Å²) in [5.74, 6) is -2.03. The number of rotatable bonds is 13. The van der Waals surface area contributed by atoms with Crippen LogP contribution in [0.25, 0.3) is 0 Å². The fraction of sp³-hybridized carbons (Fsp3) is 0.235. The molecule has 0 saturated carbocycles. The fourth-order valence-corrected chi connectivity index (χ4v) is 6.70. The summed E-state index contributed by atoms with van der Waals surface area (Å²) >= 11 is 13.1. The second kappa shape index (κ2) is 15.4. The van der Waals surface area contributed by atoms with E-state index in [1.807, 2.05) is 44.2 Å². The first-order chi connectivity index (χ1) is 21.5. The van der Waals surface area contributed by atoms with Crippen LogP contribution in [0.5, 0.6) is 0 Å². The Morgan fingerprint density at radius 2 is 1.42 bits per heavy atom. The van der Waals surface area contributed by atoms with Crippen molar-refractivity contribution < 1.29 is 22.4 Å². The molecule has 0 aliphatic rings. The lowest BCUT2D eigenvalue weighted by Gasteiger charge is -2.34. The van der Waals surface area contributed by atoms with Gasteiger partial charge >= 0.3 is 0 Å². The van der Waals surface area contributed by atoms with Gasteiger partial charge in [-0.1, -0.05) is 96.9 Å². The predicted octanol–water partition coefficient (Wildman–Crippen LogP) is 6.88. The van der Waals surface area contributed by atoms with Crippen molar-refractivity contribution in [3.8, 4) is 0 Å². The quantitative estimate of drug-likeness (QED) is 0.168. The summed E-state index contributed by atoms with van der Waals surface area (Å²) in [7, 11) is -4.43. The number of nitrogens with zero attached hydrogens (tertiary/aromatic N) is 2. The van der Waals surface area contributed by atoms with E-state index in [1.54, 1.807) is 24.3 Å². The Hall–Kier alpha value is -3.92. The maximum Gasteiger partial charge on any atom is 0.264 e. The molecule has 4 rings (SSSR count). The van der Waals surface area contributed by atoms with E-state index in [2.05, 4.69) is 5.32 Å². The number of halogens is 3. The van der Waals surface area contributed by atoms with Crippen LogP contribution in [-0.4, -0.2) is 43.8 Å². The van der Waals surface area contributed by atoms with Crippen LogP contribution < -0.4 is 9.62 Å². The molecule has 0 aromatic heterocycles. The molecule has 0 unspecified atom stereocenters. The summed E-state index contributed by atoms with van der Waals surface area (Å²) in [6, 6.07) is 25.5. The summed E-state index contributed by atoms with van der Waals surface area (Å²) in [4.78, 5) is 29.5. The zero-order valence-electron chi connectivity index (χ0n) is 24.9. The molecule has 4 aromatic carbocycles. The van der Waals surface area contributed by atoms with Crippen LogP contribution in [0.1, 0.15) is 31.4 Å². The maximum atomic E-state index is 15.2. The summed E-state index contributed by atoms with van der Waals surface area (Å²) in [6.07, 6.45) is 0.756. The van der Waals surface area contributed by atoms with E-state index in [1.165, 1.54) is 47.4 Å². The number of carbonyl (C=O) groups is 2. The second-order valence-electron chi connectivity index (χ2n) is 10.5. The van der Waals surface area contributed by atoms with Gasteiger partial charge in [-0.2, -0.15) is 0 Å². The predicted molar refractivity (Wildman–Crippen MR) is 176 cm³/mol. The minimum absolute atomic E-state index is 0.113. The van der Waals surface area contributed by atoms with E-state index in [0.717, 1.165) is 15.9 Å². The molecule has 0 heterocycles. The van der Waals surface area contributed by atoms with Crippen molar-refractivity contribution in [1.82, 2.24) is 10.2 Å². The largest absolute Gasteiger partial charge is 0.352 e. The summed E-state index contributed by atoms with van der Waals surface area (Å²) in [5.41, 5.74) is 0.841. The van der Waals surface area contributed by atoms with Crippen LogP contribution in [0.3, 0.4) is 0 Å². The molecule has 0 aliphatic heterocycles. The van der Waals surface area contributed by atoms with Gasteiger partial charge in [-0.15, -0.1) is 0 Å². The summed E-state index contributed by atoms with van der Waals surface area (Å²) < 4.78 is 43.9. The molecule has 0 saturated heterocycles. The number of sulfonamides is 1. The number of nitrogens with one attached hydrogen (secondary N) is 1. The van der Waals surface area contributed by atoms with Crippen molar-refractivity contribution in [3.05, 3.63) is 130 Å². The van der Waals surface area contributed by atoms with E-state index < -0.39 is 40.2 Å². The van der Waals surface area contributed by atoms with E-state index in [-0.39, 0.29) is 39.6 Å². The molecular weight excluding hydrogens is 636 g/mol. The van der Waals surface area contributed by atoms with Gasteiger partial charge in [0.2, 0.25) is 11.8 Å². The third-order valence-electron chi connectivity index (χ3n) is 7.39. The van der Waals surface area contributed by atoms with E-state index in [9.17, 15) is 18.0 Å². The average molecular weight is 671 g/mol. The molecule has 11 heteroatoms. The van der Waals surface area contributed by atoms with E-state index >= 15 is 4.39 Å². The lowest BCUT2D eigenvalue weighted by atomic mass is 10.0. The second-order valence-corrected chi connectivity index (χ2v) is 13.2. The van der Waals surface area contributed by atoms with Crippen molar-refractivity contribution in [1.29, 1.82) is 0 Å². The molecular formula is C34H34Cl2FN3O4S. The summed E-state index contributed by atoms with van der Waals surface area (Å²) in [5, 5.41) is 3.49. The standard InChI is InChI=1S/C34H34Cl2FN3O4S/c1-3-24(2)38-34(42)32(21-25-13-6-4-7-14-25)39(22-27-28(35)17-12-18-29(27)36)33(41)23-40(31-20-11-10-19-30(31)37)45(43,44)26-15-8-5-9-16-26/h4-20,24,32H,3,21-23H2,1-2H3,(H,38,42)/t24-,32+/m0/s1. The molecule has 0 radical (unpaired) electrons. The first-order valence-corrected chi connectivity index (χ1v) is 16.6. The minimum atomic E-state index is -4.43. The molecule has 7 nitrogen and oxygen atoms in total. The smallest absolute Gasteiger partial charge is 0.264 e. The highest BCUT2D eigenvalue weighted by atomic mass is 35.5. The Morgan fingerprint density at radius 1 is 0.844 bits per heavy atom. The third-order valence-corrected chi connectivity index (χ3v) is 9.88. The average Bonchev–Trinajstić information content (AvgIpc) is 3.03. The van der Waals surface area contributed by atoms with Gasteiger partial charge in [0.1, 0.15) is 18.4 Å². The number of carbonyl (C=O) groups excluding carboxylic acids is 2. The van der Waals surface area contributed by atoms with Crippen molar-refractivity contribution >= 4 is 50.7 Å². The van der Waals surface area contributed by atoms with E-state index in [4.69, 9.17) is 23.2 Å². The van der Waals surface area contributed by atoms with Gasteiger partial charge in [-0.25, -0.2) is 12.8 Å². The van der Waals surface area contributed by atoms with Gasteiger partial charge in [0.25, 0.3) is 10.0 Å². The van der Waals surface area contributed by atoms with Gasteiger partial charge in [0.05, 0.1) is 10.6 Å². The maximum absolute atomic E-state index is 15.2. The molecule has 0 aliphatic carbocycles. The molecule has 2 atom stereocenters. The zero-order valence-corrected chi connectivity index (χ0v) is 27.2. The van der Waals surface area contributed by atoms with Crippen LogP contribution in [0.2, 0.25) is 10.0 Å². The normalized spacial score (nSPS) is 12.6. The molecule has 0 spiro atoms. The Labute approximate surface area is 273 Å². The number of hydrogen-bond acceptors (Lipinski definition) is 4. The van der Waals surface area contributed by atoms with Crippen molar-refractivity contribution in [2.45, 2.75) is 50.2 Å². The van der Waals surface area contributed by atoms with Gasteiger partial charge in [0.15, 0.2) is 0 Å². The molecule has 1 N–H and O–H groups in total. The Bertz CT molecular complexity index is 1710. The number of para-hydroxylation sites is 1. The number of amides is 2. The topological polar surface area (TPSA) is 86.8 Å². The molecule has 0 bridgehead atoms. The van der Waals surface area contributed by atoms with Crippen LogP contribution in [-0.2, 0) is 32.6 Å². The molecule has 0 fully saturated rings. The van der Waals surface area contributed by atoms with Gasteiger partial charge in [0, 0.05) is 34.6 Å². The Balaban J connectivity index is 1.85. The van der Waals surface area contributed by atoms with E-state index in [0.29, 0.717) is 12.0 Å². The number of anilines is 1. The van der Waals surface area contributed by atoms with Crippen LogP contribution in [0.15, 0.2) is 108 Å². The lowest BCUT2D eigenvalue weighted by Crippen LogP contribution is -2.54. The number of hydrogen-bond donors (Lipinski definition) is 1. The zero-order chi connectivity index (χ0) is 32.6. The SMILES string of the molecule is CC[C@H](C)NC(=O)[C@@H](Cc1ccccc1)N(Cc1c(Cl)cccc1Cl)C(=O)CN(c1ccccc1F)S(=O)(=O)c1ccccc1. The van der Waals surface area contributed by atoms with Crippen LogP contribution in [0, 0.1) is 5.82 Å². The Kier molecular flexibility index (Phi) is 11.6. The highest BCUT2D eigenvalue weighted by Gasteiger charge is 2.36. The first kappa shape index (κ1) is 34.0. The lowest BCUT2D eigenvalue weighted by molar-refractivity contribution is -0.140. The fourth-order valence-electron chi connectivity index (χ4n) is 4.74. The first-order valence-electron chi connectivity index (χ1n) is 14.4. The van der Waals surface area contributed by atoms with Crippen LogP contribution >= 0.6 is 23.2 Å². The molecule has 236 valence electrons. The van der Waals surface area contributed by atoms with Crippen LogP contribution in [0.4, 0.5) is 10.1 Å². The van der Waals surface area contributed by atoms with Crippen molar-refractivity contribution in [2.75, 3.05) is 10.8 Å². The molecule has 2 amide bonds. The van der Waals surface area contributed by atoms with Gasteiger partial charge < -0.3 is 10.2 Å². The van der Waals surface area contributed by atoms with Gasteiger partial charge in [-0.3, -0.25) is 13.9 Å².